The van der Waals surface area contributed by atoms with Crippen molar-refractivity contribution in [3.05, 3.63) is 58.6 Å². The lowest BCUT2D eigenvalue weighted by atomic mass is 10.1. The number of amides is 1. The van der Waals surface area contributed by atoms with Crippen molar-refractivity contribution >= 4 is 29.9 Å². The normalized spacial score (nSPS) is 13.3. The summed E-state index contributed by atoms with van der Waals surface area (Å²) >= 11 is 6.25. The Labute approximate surface area is 183 Å². The van der Waals surface area contributed by atoms with Gasteiger partial charge in [0.2, 0.25) is 5.91 Å². The van der Waals surface area contributed by atoms with Gasteiger partial charge < -0.3 is 19.7 Å². The van der Waals surface area contributed by atoms with Crippen LogP contribution >= 0.6 is 24.0 Å². The number of carbonyl (C=O) groups excluding carboxylic acids is 1. The molecule has 2 aromatic carbocycles. The summed E-state index contributed by atoms with van der Waals surface area (Å²) < 4.78 is 11.6. The smallest absolute Gasteiger partial charge is 0.222 e. The fourth-order valence-electron chi connectivity index (χ4n) is 3.36. The van der Waals surface area contributed by atoms with Gasteiger partial charge in [-0.3, -0.25) is 4.79 Å². The number of methoxy groups -OCH3 is 1. The van der Waals surface area contributed by atoms with Crippen molar-refractivity contribution in [2.24, 2.45) is 0 Å². The number of nitrogens with one attached hydrogen (secondary N) is 1. The van der Waals surface area contributed by atoms with E-state index < -0.39 is 0 Å². The predicted molar refractivity (Wildman–Crippen MR) is 118 cm³/mol. The third-order valence-corrected chi connectivity index (χ3v) is 5.03. The number of ether oxygens (including phenoxy) is 2. The number of halogens is 2. The van der Waals surface area contributed by atoms with E-state index in [1.165, 1.54) is 0 Å². The summed E-state index contributed by atoms with van der Waals surface area (Å²) in [4.78, 5) is 13.6. The Hall–Kier alpha value is -1.95. The average molecular weight is 439 g/mol. The highest BCUT2D eigenvalue weighted by Crippen LogP contribution is 2.35. The zero-order valence-corrected chi connectivity index (χ0v) is 18.2. The first-order valence-corrected chi connectivity index (χ1v) is 10.1. The second-order valence-electron chi connectivity index (χ2n) is 6.89. The Kier molecular flexibility index (Phi) is 9.58. The molecule has 29 heavy (non-hydrogen) atoms. The Morgan fingerprint density at radius 1 is 1.21 bits per heavy atom. The zero-order valence-electron chi connectivity index (χ0n) is 16.7. The molecule has 7 heteroatoms. The van der Waals surface area contributed by atoms with E-state index in [1.54, 1.807) is 13.2 Å². The summed E-state index contributed by atoms with van der Waals surface area (Å²) in [6.07, 6.45) is 2.60. The Bertz CT molecular complexity index is 787. The van der Waals surface area contributed by atoms with Gasteiger partial charge >= 0.3 is 0 Å². The number of benzene rings is 2. The molecule has 1 fully saturated rings. The van der Waals surface area contributed by atoms with Crippen LogP contribution in [0.1, 0.15) is 30.4 Å². The summed E-state index contributed by atoms with van der Waals surface area (Å²) in [5.41, 5.74) is 2.05. The molecule has 0 aromatic heterocycles. The highest BCUT2D eigenvalue weighted by atomic mass is 35.5. The highest BCUT2D eigenvalue weighted by Gasteiger charge is 2.19. The molecule has 1 saturated heterocycles. The minimum Gasteiger partial charge on any atom is -0.493 e. The molecule has 0 spiro atoms. The largest absolute Gasteiger partial charge is 0.493 e. The van der Waals surface area contributed by atoms with E-state index in [0.29, 0.717) is 36.1 Å². The van der Waals surface area contributed by atoms with Crippen LogP contribution in [-0.4, -0.2) is 37.6 Å². The molecule has 1 aliphatic heterocycles. The number of nitrogens with zero attached hydrogens (tertiary/aromatic N) is 1. The van der Waals surface area contributed by atoms with E-state index in [4.69, 9.17) is 21.1 Å². The molecule has 1 amide bonds. The molecule has 5 nitrogen and oxygen atoms in total. The maximum absolute atomic E-state index is 11.7. The van der Waals surface area contributed by atoms with Gasteiger partial charge in [-0.2, -0.15) is 0 Å². The summed E-state index contributed by atoms with van der Waals surface area (Å²) in [6, 6.07) is 13.7. The molecule has 3 rings (SSSR count). The lowest BCUT2D eigenvalue weighted by molar-refractivity contribution is -0.127. The van der Waals surface area contributed by atoms with Crippen LogP contribution in [0.3, 0.4) is 0 Å². The topological polar surface area (TPSA) is 50.8 Å². The molecular weight excluding hydrogens is 411 g/mol. The van der Waals surface area contributed by atoms with Crippen LogP contribution in [0.15, 0.2) is 42.5 Å². The molecule has 1 heterocycles. The van der Waals surface area contributed by atoms with Crippen LogP contribution in [-0.2, 0) is 17.9 Å². The van der Waals surface area contributed by atoms with Crippen LogP contribution in [0.25, 0.3) is 0 Å². The second-order valence-corrected chi connectivity index (χ2v) is 7.32. The van der Waals surface area contributed by atoms with Crippen LogP contribution in [0.5, 0.6) is 11.5 Å². The van der Waals surface area contributed by atoms with E-state index in [9.17, 15) is 4.79 Å². The van der Waals surface area contributed by atoms with Crippen molar-refractivity contribution in [1.29, 1.82) is 0 Å². The van der Waals surface area contributed by atoms with Crippen LogP contribution in [0.4, 0.5) is 0 Å². The average Bonchev–Trinajstić information content (AvgIpc) is 3.12. The van der Waals surface area contributed by atoms with E-state index in [-0.39, 0.29) is 18.3 Å². The number of likely N-dealkylation sites (tertiary alicyclic amines) is 1. The van der Waals surface area contributed by atoms with Crippen molar-refractivity contribution in [2.45, 2.75) is 32.4 Å². The molecule has 1 N–H and O–H groups in total. The monoisotopic (exact) mass is 438 g/mol. The van der Waals surface area contributed by atoms with E-state index in [2.05, 4.69) is 5.32 Å². The Morgan fingerprint density at radius 3 is 2.69 bits per heavy atom. The molecular formula is C22H28Cl2N2O3. The quantitative estimate of drug-likeness (QED) is 0.556. The molecule has 0 bridgehead atoms. The van der Waals surface area contributed by atoms with Gasteiger partial charge in [0.15, 0.2) is 11.5 Å². The van der Waals surface area contributed by atoms with Gasteiger partial charge in [-0.05, 0) is 31.0 Å². The number of carbonyl (C=O) groups is 1. The van der Waals surface area contributed by atoms with Gasteiger partial charge in [0, 0.05) is 42.7 Å². The molecule has 0 atom stereocenters. The fraction of sp³-hybridized carbons (Fsp3) is 0.409. The molecule has 2 aromatic rings. The van der Waals surface area contributed by atoms with Crippen molar-refractivity contribution in [2.75, 3.05) is 26.7 Å². The molecule has 0 saturated carbocycles. The summed E-state index contributed by atoms with van der Waals surface area (Å²) in [6.45, 7) is 3.60. The van der Waals surface area contributed by atoms with Gasteiger partial charge in [0.05, 0.1) is 7.11 Å². The lowest BCUT2D eigenvalue weighted by Crippen LogP contribution is -2.28. The summed E-state index contributed by atoms with van der Waals surface area (Å²) in [7, 11) is 1.62. The SMILES string of the molecule is COc1cc(Cl)cc(CNCCCN2CCCC2=O)c1OCc1ccccc1.Cl. The van der Waals surface area contributed by atoms with Crippen molar-refractivity contribution in [3.63, 3.8) is 0 Å². The first-order valence-electron chi connectivity index (χ1n) is 9.69. The minimum absolute atomic E-state index is 0. The van der Waals surface area contributed by atoms with E-state index in [1.807, 2.05) is 41.3 Å². The van der Waals surface area contributed by atoms with E-state index in [0.717, 1.165) is 43.6 Å². The third kappa shape index (κ3) is 6.81. The molecule has 0 radical (unpaired) electrons. The zero-order chi connectivity index (χ0) is 19.8. The Morgan fingerprint density at radius 2 is 2.00 bits per heavy atom. The predicted octanol–water partition coefficient (Wildman–Crippen LogP) is 4.45. The number of rotatable bonds is 10. The maximum Gasteiger partial charge on any atom is 0.222 e. The summed E-state index contributed by atoms with van der Waals surface area (Å²) in [5, 5.41) is 4.04. The van der Waals surface area contributed by atoms with Crippen LogP contribution < -0.4 is 14.8 Å². The first-order chi connectivity index (χ1) is 13.7. The lowest BCUT2D eigenvalue weighted by Gasteiger charge is -2.17. The number of hydrogen-bond donors (Lipinski definition) is 1. The molecule has 158 valence electrons. The van der Waals surface area contributed by atoms with Crippen molar-refractivity contribution in [3.8, 4) is 11.5 Å². The second kappa shape index (κ2) is 11.9. The standard InChI is InChI=1S/C22H27ClN2O3.ClH/c1-27-20-14-19(23)13-18(22(20)28-16-17-7-3-2-4-8-17)15-24-10-6-12-25-11-5-9-21(25)26;/h2-4,7-8,13-14,24H,5-6,9-12,15-16H2,1H3;1H. The van der Waals surface area contributed by atoms with Gasteiger partial charge in [-0.15, -0.1) is 12.4 Å². The minimum atomic E-state index is 0. The van der Waals surface area contributed by atoms with E-state index >= 15 is 0 Å². The Balaban J connectivity index is 0.00000300. The van der Waals surface area contributed by atoms with Gasteiger partial charge in [-0.25, -0.2) is 0 Å². The molecule has 0 aliphatic carbocycles. The number of hydrogen-bond acceptors (Lipinski definition) is 4. The van der Waals surface area contributed by atoms with Crippen LogP contribution in [0, 0.1) is 0 Å². The highest BCUT2D eigenvalue weighted by molar-refractivity contribution is 6.30. The first kappa shape index (κ1) is 23.3. The van der Waals surface area contributed by atoms with Crippen molar-refractivity contribution in [1.82, 2.24) is 10.2 Å². The van der Waals surface area contributed by atoms with Gasteiger partial charge in [-0.1, -0.05) is 41.9 Å². The summed E-state index contributed by atoms with van der Waals surface area (Å²) in [5.74, 6) is 1.61. The van der Waals surface area contributed by atoms with Crippen molar-refractivity contribution < 1.29 is 14.3 Å². The maximum atomic E-state index is 11.7. The fourth-order valence-corrected chi connectivity index (χ4v) is 3.59. The molecule has 1 aliphatic rings. The van der Waals surface area contributed by atoms with Gasteiger partial charge in [0.1, 0.15) is 6.61 Å². The van der Waals surface area contributed by atoms with Gasteiger partial charge in [0.25, 0.3) is 0 Å². The molecule has 0 unspecified atom stereocenters. The van der Waals surface area contributed by atoms with Crippen LogP contribution in [0.2, 0.25) is 5.02 Å². The third-order valence-electron chi connectivity index (χ3n) is 4.81.